The number of hydrogen-bond donors (Lipinski definition) is 8. The van der Waals surface area contributed by atoms with E-state index in [-0.39, 0.29) is 106 Å². The van der Waals surface area contributed by atoms with Gasteiger partial charge >= 0.3 is 31.5 Å². The van der Waals surface area contributed by atoms with E-state index in [0.29, 0.717) is 24.9 Å². The minimum atomic E-state index is -0.687. The molecule has 8 amide bonds. The summed E-state index contributed by atoms with van der Waals surface area (Å²) >= 11 is 3.46. The van der Waals surface area contributed by atoms with Crippen LogP contribution in [0.15, 0.2) is 151 Å². The number of aromatic nitrogens is 8. The molecule has 5 saturated heterocycles. The fourth-order valence-electron chi connectivity index (χ4n) is 21.1. The van der Waals surface area contributed by atoms with Gasteiger partial charge in [0, 0.05) is 40.8 Å². The van der Waals surface area contributed by atoms with Crippen molar-refractivity contribution < 1.29 is 66.6 Å². The van der Waals surface area contributed by atoms with Crippen molar-refractivity contribution in [2.45, 2.75) is 232 Å². The molecule has 6 aromatic carbocycles. The number of methoxy groups -OCH3 is 4. The third kappa shape index (κ3) is 19.0. The first kappa shape index (κ1) is 93.9. The van der Waals surface area contributed by atoms with E-state index in [2.05, 4.69) is 187 Å². The highest BCUT2D eigenvalue weighted by atomic mass is 79.9. The van der Waals surface area contributed by atoms with E-state index in [1.54, 1.807) is 0 Å². The van der Waals surface area contributed by atoms with Crippen LogP contribution in [0.5, 0.6) is 0 Å². The fraction of sp³-hybridized carbons (Fsp3) is 0.490. The Morgan fingerprint density at radius 2 is 0.716 bits per heavy atom. The van der Waals surface area contributed by atoms with Gasteiger partial charge in [0.1, 0.15) is 47.5 Å². The molecule has 8 N–H and O–H groups in total. The molecule has 10 aromatic rings. The monoisotopic (exact) mass is 1890 g/mol. The minimum absolute atomic E-state index is 0.0497. The predicted molar refractivity (Wildman–Crippen MR) is 513 cm³/mol. The lowest BCUT2D eigenvalue weighted by atomic mass is 9.78. The molecule has 134 heavy (non-hydrogen) atoms. The molecule has 32 heteroatoms. The van der Waals surface area contributed by atoms with Crippen LogP contribution in [0, 0.1) is 46.3 Å². The van der Waals surface area contributed by atoms with E-state index in [0.717, 1.165) is 188 Å². The number of halogens is 1. The number of amides is 8. The van der Waals surface area contributed by atoms with Crippen LogP contribution < -0.4 is 26.7 Å². The van der Waals surface area contributed by atoms with Crippen LogP contribution in [0.25, 0.3) is 77.7 Å². The van der Waals surface area contributed by atoms with Gasteiger partial charge in [-0.15, -0.1) is 0 Å². The Bertz CT molecular complexity index is 6040. The molecule has 0 radical (unpaired) electrons. The maximum absolute atomic E-state index is 14.0. The van der Waals surface area contributed by atoms with Crippen LogP contribution in [0.1, 0.15) is 208 Å². The quantitative estimate of drug-likeness (QED) is 0.0231. The summed E-state index contributed by atoms with van der Waals surface area (Å²) < 4.78 is 32.7. The summed E-state index contributed by atoms with van der Waals surface area (Å²) in [5.41, 5.74) is 10.4. The summed E-state index contributed by atoms with van der Waals surface area (Å²) in [5, 5.41) is 15.4. The number of carbonyl (C=O) groups excluding carboxylic acids is 8. The first-order chi connectivity index (χ1) is 64.0. The Labute approximate surface area is 790 Å². The Hall–Kier alpha value is -11.9. The second-order valence-corrected chi connectivity index (χ2v) is 41.6. The summed E-state index contributed by atoms with van der Waals surface area (Å²) in [6, 6.07) is 39.0. The number of H-pyrrole nitrogens is 4. The van der Waals surface area contributed by atoms with Crippen molar-refractivity contribution >= 4 is 98.1 Å². The van der Waals surface area contributed by atoms with Gasteiger partial charge in [-0.1, -0.05) is 162 Å². The topological polar surface area (TPSA) is 368 Å². The second-order valence-electron chi connectivity index (χ2n) is 40.6. The van der Waals surface area contributed by atoms with E-state index < -0.39 is 55.7 Å². The van der Waals surface area contributed by atoms with Gasteiger partial charge in [-0.25, -0.2) is 39.1 Å². The summed E-state index contributed by atoms with van der Waals surface area (Å²) in [6.07, 6.45) is 17.1. The van der Waals surface area contributed by atoms with Gasteiger partial charge in [0.05, 0.1) is 111 Å². The molecule has 706 valence electrons. The number of fused-ring (bicyclic) bond motifs is 6. The van der Waals surface area contributed by atoms with Gasteiger partial charge in [-0.3, -0.25) is 19.2 Å². The van der Waals surface area contributed by atoms with Crippen LogP contribution in [0.3, 0.4) is 0 Å². The fourth-order valence-corrected chi connectivity index (χ4v) is 21.4. The van der Waals surface area contributed by atoms with Crippen molar-refractivity contribution in [2.24, 2.45) is 46.3 Å². The largest absolute Gasteiger partial charge is 0.494 e. The lowest BCUT2D eigenvalue weighted by Crippen LogP contribution is -2.54. The number of rotatable bonds is 22. The smallest absolute Gasteiger partial charge is 0.453 e. The molecule has 0 unspecified atom stereocenters. The van der Waals surface area contributed by atoms with E-state index in [1.165, 1.54) is 28.4 Å². The number of nitrogens with one attached hydrogen (secondary N) is 8. The molecule has 4 aliphatic carbocycles. The van der Waals surface area contributed by atoms with Crippen LogP contribution in [-0.2, 0) is 47.4 Å². The molecule has 12 atom stereocenters. The van der Waals surface area contributed by atoms with Gasteiger partial charge in [0.15, 0.2) is 0 Å². The van der Waals surface area contributed by atoms with E-state index in [1.807, 2.05) is 124 Å². The van der Waals surface area contributed by atoms with Crippen molar-refractivity contribution in [3.8, 4) is 56.2 Å². The molecular formula is C102H124BBrN16O14. The molecule has 30 nitrogen and oxygen atoms in total. The number of hydrogen-bond acceptors (Lipinski definition) is 18. The molecule has 5 aliphatic heterocycles. The molecule has 9 fully saturated rings. The molecule has 4 saturated carbocycles. The highest BCUT2D eigenvalue weighted by Gasteiger charge is 2.59. The lowest BCUT2D eigenvalue weighted by molar-refractivity contribution is -0.140. The van der Waals surface area contributed by atoms with Crippen molar-refractivity contribution in [2.75, 3.05) is 41.5 Å². The molecule has 4 bridgehead atoms. The lowest BCUT2D eigenvalue weighted by Gasteiger charge is -2.37. The number of piperidine rings is 2. The van der Waals surface area contributed by atoms with Crippen LogP contribution in [0.4, 0.5) is 19.2 Å². The third-order valence-corrected chi connectivity index (χ3v) is 30.4. The summed E-state index contributed by atoms with van der Waals surface area (Å²) in [6.45, 7) is 25.0. The Morgan fingerprint density at radius 1 is 0.403 bits per heavy atom. The van der Waals surface area contributed by atoms with E-state index >= 15 is 0 Å². The number of aromatic amines is 4. The standard InChI is InChI=1S/C48H56N8O6.C32H41BN4O5.C22H27BrN4O3/c1-26(2)39(53-46(59)61-5)44(57)55-25-48(17-18-48)22-38(55)42-49-24-37(51-42)33-14-13-31-19-30(11-12-32(31)20-33)28-7-9-29(10-8-28)36-23-50-43(52-36)41-34-15-16-35(21-34)56(41)45(58)40(27(3)4)54-47(60)62-6;1-19(2)26(36-29(39)40-7)28(38)37-18-32(12-13-32)16-25(37)27-34-17-24(35-27)22-9-8-21-15-23(11-10-20(21)14-22)33-41-30(3,4)31(5,6)42-33;1-12(2)18(26-22(29)30-3)21(28)27-16-9-6-14(10-16)19(27)20-24-11-17(25-20)13-4-7-15(23)8-5-13/h7-14,19-20,23-24,26-27,34-35,38-41H,15-18,21-22,25H2,1-6H3,(H,49,51)(H,50,52)(H,53,59)(H,54,60);8-11,14-15,17,19,25-26H,12-13,16,18H2,1-7H3,(H,34,35)(H,36,39);4-5,7-8,11-12,14,16,18-19H,6,9-10H2,1-3H3,(H,24,25)(H,26,29)/t34-,35+,38-,39-,40-,41-;25-,26-;14-,16+,18-,19-/m000/s1. The molecule has 9 aliphatic rings. The highest BCUT2D eigenvalue weighted by Crippen LogP contribution is 2.60. The second kappa shape index (κ2) is 37.8. The Morgan fingerprint density at radius 3 is 1.09 bits per heavy atom. The van der Waals surface area contributed by atoms with Crippen LogP contribution >= 0.6 is 15.9 Å². The zero-order valence-corrected chi connectivity index (χ0v) is 80.8. The number of alkyl carbamates (subject to hydrolysis) is 4. The molecule has 9 heterocycles. The average molecular weight is 1890 g/mol. The van der Waals surface area contributed by atoms with Gasteiger partial charge in [0.2, 0.25) is 23.6 Å². The molecule has 19 rings (SSSR count). The molecular weight excluding hydrogens is 1760 g/mol. The summed E-state index contributed by atoms with van der Waals surface area (Å²) in [5.74, 6) is 3.14. The van der Waals surface area contributed by atoms with Gasteiger partial charge in [-0.05, 0) is 231 Å². The summed E-state index contributed by atoms with van der Waals surface area (Å²) in [7, 11) is 4.83. The predicted octanol–water partition coefficient (Wildman–Crippen LogP) is 17.4. The van der Waals surface area contributed by atoms with Crippen molar-refractivity contribution in [3.63, 3.8) is 0 Å². The zero-order chi connectivity index (χ0) is 94.9. The first-order valence-corrected chi connectivity index (χ1v) is 48.0. The SMILES string of the molecule is COC(=O)N[C@H](C(=O)N1CC2(CC2)C[C@H]1c1ncc(-c2ccc3cc(-c4ccc(-c5cnc([C@@H]6[C@H]7CC[C@H](C7)N6C(=O)[C@@H](NC(=O)OC)C(C)C)[nH]5)cc4)ccc3c2)[nH]1)C(C)C.COC(=O)N[C@H](C(=O)N1CC2(CC2)C[C@H]1c1ncc(-c2ccc3cc(B4OC(C)(C)C(C)(C)O4)ccc3c2)[nH]1)C(C)C.COC(=O)N[C@H](C(=O)N1[C@@H]2CC[C@@H](C2)[C@H]1c1ncc(-c2ccc(Br)cc2)[nH]1)C(C)C. The van der Waals surface area contributed by atoms with Crippen LogP contribution in [0.2, 0.25) is 0 Å². The normalized spacial score (nSPS) is 22.6. The van der Waals surface area contributed by atoms with Crippen LogP contribution in [-0.4, -0.2) is 204 Å². The van der Waals surface area contributed by atoms with Gasteiger partial charge in [0.25, 0.3) is 0 Å². The number of nitrogens with zero attached hydrogens (tertiary/aromatic N) is 8. The number of likely N-dealkylation sites (tertiary alicyclic amines) is 4. The summed E-state index contributed by atoms with van der Waals surface area (Å²) in [4.78, 5) is 144. The highest BCUT2D eigenvalue weighted by molar-refractivity contribution is 9.10. The first-order valence-electron chi connectivity index (χ1n) is 47.2. The molecule has 4 aromatic heterocycles. The van der Waals surface area contributed by atoms with Gasteiger partial charge < -0.3 is 89.1 Å². The minimum Gasteiger partial charge on any atom is -0.453 e. The van der Waals surface area contributed by atoms with E-state index in [9.17, 15) is 38.4 Å². The third-order valence-electron chi connectivity index (χ3n) is 29.9. The number of carbonyl (C=O) groups is 8. The van der Waals surface area contributed by atoms with Crippen molar-refractivity contribution in [1.82, 2.24) is 80.7 Å². The number of benzene rings is 6. The Kier molecular flexibility index (Phi) is 26.5. The zero-order valence-electron chi connectivity index (χ0n) is 79.2. The maximum Gasteiger partial charge on any atom is 0.494 e. The number of ether oxygens (including phenoxy) is 4. The average Bonchev–Trinajstić information content (AvgIpc) is 1.59. The van der Waals surface area contributed by atoms with Crippen molar-refractivity contribution in [3.05, 3.63) is 174 Å². The molecule has 2 spiro atoms. The van der Waals surface area contributed by atoms with E-state index in [4.69, 9.17) is 43.2 Å². The number of imidazole rings is 4. The van der Waals surface area contributed by atoms with Crippen molar-refractivity contribution in [1.29, 1.82) is 0 Å². The maximum atomic E-state index is 14.0. The van der Waals surface area contributed by atoms with Gasteiger partial charge in [-0.2, -0.15) is 0 Å². The Balaban J connectivity index is 0.000000150.